The highest BCUT2D eigenvalue weighted by atomic mass is 32.1. The SMILES string of the molecule is CN(C)CCCNC(=O)c1c2c(nc3ccccc13)/C(=C\c1cccs1)CC2. The molecule has 0 fully saturated rings. The number of carbonyl (C=O) groups is 1. The lowest BCUT2D eigenvalue weighted by Gasteiger charge is -2.14. The van der Waals surface area contributed by atoms with Crippen molar-refractivity contribution in [2.75, 3.05) is 27.2 Å². The van der Waals surface area contributed by atoms with Crippen LogP contribution in [0.4, 0.5) is 0 Å². The van der Waals surface area contributed by atoms with Gasteiger partial charge < -0.3 is 10.2 Å². The number of nitrogens with one attached hydrogen (secondary N) is 1. The molecule has 2 heterocycles. The summed E-state index contributed by atoms with van der Waals surface area (Å²) < 4.78 is 0. The highest BCUT2D eigenvalue weighted by Crippen LogP contribution is 2.37. The second-order valence-electron chi connectivity index (χ2n) is 7.43. The molecule has 2 aromatic heterocycles. The number of fused-ring (bicyclic) bond motifs is 2. The first-order valence-electron chi connectivity index (χ1n) is 9.72. The molecule has 144 valence electrons. The molecule has 0 unspecified atom stereocenters. The summed E-state index contributed by atoms with van der Waals surface area (Å²) in [5.74, 6) is 0.0194. The Balaban J connectivity index is 1.71. The van der Waals surface area contributed by atoms with E-state index in [2.05, 4.69) is 33.8 Å². The molecule has 0 saturated heterocycles. The van der Waals surface area contributed by atoms with Gasteiger partial charge in [-0.15, -0.1) is 11.3 Å². The molecule has 0 atom stereocenters. The number of hydrogen-bond acceptors (Lipinski definition) is 4. The number of amides is 1. The van der Waals surface area contributed by atoms with Gasteiger partial charge >= 0.3 is 0 Å². The van der Waals surface area contributed by atoms with Crippen LogP contribution in [-0.4, -0.2) is 43.0 Å². The highest BCUT2D eigenvalue weighted by molar-refractivity contribution is 7.10. The highest BCUT2D eigenvalue weighted by Gasteiger charge is 2.26. The monoisotopic (exact) mass is 391 g/mol. The van der Waals surface area contributed by atoms with Crippen molar-refractivity contribution in [2.24, 2.45) is 0 Å². The van der Waals surface area contributed by atoms with Crippen molar-refractivity contribution >= 4 is 39.8 Å². The number of pyridine rings is 1. The van der Waals surface area contributed by atoms with Gasteiger partial charge in [0.1, 0.15) is 0 Å². The van der Waals surface area contributed by atoms with Crippen molar-refractivity contribution in [1.82, 2.24) is 15.2 Å². The molecule has 0 bridgehead atoms. The van der Waals surface area contributed by atoms with Gasteiger partial charge in [0.05, 0.1) is 16.8 Å². The molecule has 1 N–H and O–H groups in total. The average Bonchev–Trinajstić information content (AvgIpc) is 3.34. The fourth-order valence-corrected chi connectivity index (χ4v) is 4.45. The van der Waals surface area contributed by atoms with Gasteiger partial charge in [0, 0.05) is 16.8 Å². The van der Waals surface area contributed by atoms with Crippen LogP contribution >= 0.6 is 11.3 Å². The van der Waals surface area contributed by atoms with E-state index in [1.807, 2.05) is 38.4 Å². The number of rotatable bonds is 6. The molecule has 0 aliphatic heterocycles. The van der Waals surface area contributed by atoms with Crippen LogP contribution < -0.4 is 5.32 Å². The maximum absolute atomic E-state index is 13.1. The summed E-state index contributed by atoms with van der Waals surface area (Å²) in [5.41, 5.74) is 5.00. The van der Waals surface area contributed by atoms with Gasteiger partial charge in [-0.05, 0) is 74.6 Å². The lowest BCUT2D eigenvalue weighted by molar-refractivity contribution is 0.0953. The smallest absolute Gasteiger partial charge is 0.252 e. The molecule has 4 nitrogen and oxygen atoms in total. The molecule has 1 aliphatic rings. The van der Waals surface area contributed by atoms with Crippen LogP contribution in [0.15, 0.2) is 41.8 Å². The Hall–Kier alpha value is -2.50. The summed E-state index contributed by atoms with van der Waals surface area (Å²) in [7, 11) is 4.10. The van der Waals surface area contributed by atoms with E-state index in [0.29, 0.717) is 6.54 Å². The van der Waals surface area contributed by atoms with Gasteiger partial charge in [-0.1, -0.05) is 24.3 Å². The molecule has 0 spiro atoms. The maximum Gasteiger partial charge on any atom is 0.252 e. The minimum atomic E-state index is 0.0194. The molecule has 3 aromatic rings. The Morgan fingerprint density at radius 2 is 2.07 bits per heavy atom. The molecule has 28 heavy (non-hydrogen) atoms. The molecule has 1 amide bonds. The zero-order chi connectivity index (χ0) is 19.5. The number of allylic oxidation sites excluding steroid dienone is 1. The molecule has 4 rings (SSSR count). The lowest BCUT2D eigenvalue weighted by Crippen LogP contribution is -2.28. The largest absolute Gasteiger partial charge is 0.352 e. The standard InChI is InChI=1S/C23H25N3OS/c1-26(2)13-6-12-24-23(27)21-18-8-3-4-9-20(18)25-22-16(10-11-19(21)22)15-17-7-5-14-28-17/h3-5,7-9,14-15H,6,10-13H2,1-2H3,(H,24,27)/b16-15-. The van der Waals surface area contributed by atoms with E-state index >= 15 is 0 Å². The van der Waals surface area contributed by atoms with Crippen LogP contribution in [0, 0.1) is 0 Å². The molecule has 0 saturated carbocycles. The Kier molecular flexibility index (Phi) is 5.55. The molecule has 1 aliphatic carbocycles. The van der Waals surface area contributed by atoms with Crippen LogP contribution in [0.3, 0.4) is 0 Å². The van der Waals surface area contributed by atoms with Crippen molar-refractivity contribution in [3.8, 4) is 0 Å². The first-order valence-corrected chi connectivity index (χ1v) is 10.6. The second-order valence-corrected chi connectivity index (χ2v) is 8.41. The third kappa shape index (κ3) is 3.86. The Bertz CT molecular complexity index is 1020. The second kappa shape index (κ2) is 8.25. The van der Waals surface area contributed by atoms with Crippen LogP contribution in [-0.2, 0) is 6.42 Å². The predicted octanol–water partition coefficient (Wildman–Crippen LogP) is 4.46. The minimum Gasteiger partial charge on any atom is -0.352 e. The third-order valence-electron chi connectivity index (χ3n) is 5.10. The van der Waals surface area contributed by atoms with E-state index < -0.39 is 0 Å². The van der Waals surface area contributed by atoms with E-state index in [9.17, 15) is 4.79 Å². The first kappa shape index (κ1) is 18.8. The van der Waals surface area contributed by atoms with Crippen molar-refractivity contribution in [2.45, 2.75) is 19.3 Å². The van der Waals surface area contributed by atoms with Crippen LogP contribution in [0.25, 0.3) is 22.6 Å². The molecular weight excluding hydrogens is 366 g/mol. The van der Waals surface area contributed by atoms with Gasteiger partial charge in [0.25, 0.3) is 5.91 Å². The van der Waals surface area contributed by atoms with E-state index in [1.54, 1.807) is 11.3 Å². The molecule has 0 radical (unpaired) electrons. The van der Waals surface area contributed by atoms with Gasteiger partial charge in [-0.25, -0.2) is 4.98 Å². The Labute approximate surface area is 169 Å². The van der Waals surface area contributed by atoms with E-state index in [4.69, 9.17) is 4.98 Å². The Morgan fingerprint density at radius 3 is 2.86 bits per heavy atom. The van der Waals surface area contributed by atoms with Gasteiger partial charge in [0.15, 0.2) is 0 Å². The van der Waals surface area contributed by atoms with Gasteiger partial charge in [0.2, 0.25) is 0 Å². The van der Waals surface area contributed by atoms with Crippen molar-refractivity contribution in [3.05, 3.63) is 63.5 Å². The number of carbonyl (C=O) groups excluding carboxylic acids is 1. The zero-order valence-corrected chi connectivity index (χ0v) is 17.2. The summed E-state index contributed by atoms with van der Waals surface area (Å²) >= 11 is 1.73. The number of para-hydroxylation sites is 1. The van der Waals surface area contributed by atoms with Crippen LogP contribution in [0.1, 0.15) is 39.3 Å². The molecule has 1 aromatic carbocycles. The van der Waals surface area contributed by atoms with Crippen molar-refractivity contribution in [1.29, 1.82) is 0 Å². The summed E-state index contributed by atoms with van der Waals surface area (Å²) in [6, 6.07) is 12.2. The van der Waals surface area contributed by atoms with Crippen molar-refractivity contribution in [3.63, 3.8) is 0 Å². The molecule has 5 heteroatoms. The number of aromatic nitrogens is 1. The van der Waals surface area contributed by atoms with Gasteiger partial charge in [-0.3, -0.25) is 4.79 Å². The summed E-state index contributed by atoms with van der Waals surface area (Å²) in [6.45, 7) is 1.64. The lowest BCUT2D eigenvalue weighted by atomic mass is 10.00. The van der Waals surface area contributed by atoms with Crippen LogP contribution in [0.5, 0.6) is 0 Å². The quantitative estimate of drug-likeness (QED) is 0.631. The predicted molar refractivity (Wildman–Crippen MR) is 118 cm³/mol. The number of nitrogens with zero attached hydrogens (tertiary/aromatic N) is 2. The van der Waals surface area contributed by atoms with E-state index in [1.165, 1.54) is 10.5 Å². The van der Waals surface area contributed by atoms with Crippen LogP contribution in [0.2, 0.25) is 0 Å². The fourth-order valence-electron chi connectivity index (χ4n) is 3.77. The topological polar surface area (TPSA) is 45.2 Å². The zero-order valence-electron chi connectivity index (χ0n) is 16.4. The van der Waals surface area contributed by atoms with Crippen molar-refractivity contribution < 1.29 is 4.79 Å². The Morgan fingerprint density at radius 1 is 1.21 bits per heavy atom. The third-order valence-corrected chi connectivity index (χ3v) is 5.92. The van der Waals surface area contributed by atoms with Gasteiger partial charge in [-0.2, -0.15) is 0 Å². The minimum absolute atomic E-state index is 0.0194. The average molecular weight is 392 g/mol. The van der Waals surface area contributed by atoms with E-state index in [-0.39, 0.29) is 5.91 Å². The number of benzene rings is 1. The number of thiophene rings is 1. The summed E-state index contributed by atoms with van der Waals surface area (Å²) in [6.07, 6.45) is 4.95. The number of hydrogen-bond donors (Lipinski definition) is 1. The first-order chi connectivity index (χ1) is 13.6. The summed E-state index contributed by atoms with van der Waals surface area (Å²) in [5, 5.41) is 6.16. The normalized spacial score (nSPS) is 14.8. The summed E-state index contributed by atoms with van der Waals surface area (Å²) in [4.78, 5) is 21.4. The fraction of sp³-hybridized carbons (Fsp3) is 0.304. The van der Waals surface area contributed by atoms with E-state index in [0.717, 1.165) is 53.5 Å². The molecular formula is C23H25N3OS. The maximum atomic E-state index is 13.1.